The molecule has 0 unspecified atom stereocenters. The van der Waals surface area contributed by atoms with Crippen LogP contribution in [0.2, 0.25) is 0 Å². The zero-order valence-corrected chi connectivity index (χ0v) is 10.2. The summed E-state index contributed by atoms with van der Waals surface area (Å²) in [6, 6.07) is 9.08. The van der Waals surface area contributed by atoms with Crippen LogP contribution < -0.4 is 10.1 Å². The minimum atomic E-state index is 0.681. The second-order valence-corrected chi connectivity index (χ2v) is 4.98. The van der Waals surface area contributed by atoms with Crippen LogP contribution in [-0.4, -0.2) is 37.2 Å². The van der Waals surface area contributed by atoms with E-state index in [0.29, 0.717) is 6.04 Å². The molecule has 1 fully saturated rings. The molecule has 0 aromatic heterocycles. The zero-order chi connectivity index (χ0) is 11.5. The topological polar surface area (TPSA) is 24.5 Å². The summed E-state index contributed by atoms with van der Waals surface area (Å²) in [7, 11) is 0. The molecule has 1 aromatic rings. The van der Waals surface area contributed by atoms with Gasteiger partial charge in [-0.2, -0.15) is 0 Å². The fourth-order valence-electron chi connectivity index (χ4n) is 2.76. The Kier molecular flexibility index (Phi) is 3.29. The summed E-state index contributed by atoms with van der Waals surface area (Å²) >= 11 is 0. The van der Waals surface area contributed by atoms with Gasteiger partial charge in [0.15, 0.2) is 0 Å². The summed E-state index contributed by atoms with van der Waals surface area (Å²) in [6.07, 6.45) is 2.64. The third-order valence-corrected chi connectivity index (χ3v) is 3.67. The summed E-state index contributed by atoms with van der Waals surface area (Å²) in [6.45, 7) is 5.20. The van der Waals surface area contributed by atoms with Crippen molar-refractivity contribution in [3.8, 4) is 5.75 Å². The maximum absolute atomic E-state index is 5.78. The number of ether oxygens (including phenoxy) is 1. The molecule has 0 amide bonds. The monoisotopic (exact) mass is 232 g/mol. The van der Waals surface area contributed by atoms with Crippen molar-refractivity contribution in [1.29, 1.82) is 0 Å². The lowest BCUT2D eigenvalue weighted by Crippen LogP contribution is -2.38. The van der Waals surface area contributed by atoms with Crippen molar-refractivity contribution in [3.05, 3.63) is 29.8 Å². The van der Waals surface area contributed by atoms with E-state index in [9.17, 15) is 0 Å². The van der Waals surface area contributed by atoms with Crippen molar-refractivity contribution >= 4 is 0 Å². The smallest absolute Gasteiger partial charge is 0.123 e. The normalized spacial score (nSPS) is 25.1. The van der Waals surface area contributed by atoms with Gasteiger partial charge in [-0.25, -0.2) is 0 Å². The van der Waals surface area contributed by atoms with Gasteiger partial charge in [0, 0.05) is 31.2 Å². The standard InChI is InChI=1S/C14H20N2O/c1-2-6-14-12(4-1)10-16(8-9-17-14)11-13-5-3-7-15-13/h1-2,4,6,13,15H,3,5,7-11H2/t13-/m0/s1. The molecule has 1 N–H and O–H groups in total. The molecule has 3 heteroatoms. The van der Waals surface area contributed by atoms with Gasteiger partial charge in [-0.3, -0.25) is 4.90 Å². The van der Waals surface area contributed by atoms with E-state index in [1.54, 1.807) is 0 Å². The van der Waals surface area contributed by atoms with Crippen LogP contribution in [0.4, 0.5) is 0 Å². The SMILES string of the molecule is c1ccc2c(c1)CN(C[C@@H]1CCCN1)CCO2. The molecule has 17 heavy (non-hydrogen) atoms. The van der Waals surface area contributed by atoms with Crippen molar-refractivity contribution in [2.75, 3.05) is 26.2 Å². The molecular weight excluding hydrogens is 212 g/mol. The average Bonchev–Trinajstić information content (AvgIpc) is 2.76. The van der Waals surface area contributed by atoms with Crippen LogP contribution in [0.3, 0.4) is 0 Å². The molecule has 0 saturated carbocycles. The van der Waals surface area contributed by atoms with Crippen molar-refractivity contribution < 1.29 is 4.74 Å². The number of nitrogens with zero attached hydrogens (tertiary/aromatic N) is 1. The van der Waals surface area contributed by atoms with Crippen molar-refractivity contribution in [2.24, 2.45) is 0 Å². The number of nitrogens with one attached hydrogen (secondary N) is 1. The fraction of sp³-hybridized carbons (Fsp3) is 0.571. The van der Waals surface area contributed by atoms with Crippen molar-refractivity contribution in [2.45, 2.75) is 25.4 Å². The highest BCUT2D eigenvalue weighted by Gasteiger charge is 2.20. The Labute approximate surface area is 103 Å². The minimum absolute atomic E-state index is 0.681. The molecule has 0 radical (unpaired) electrons. The zero-order valence-electron chi connectivity index (χ0n) is 10.2. The van der Waals surface area contributed by atoms with Gasteiger partial charge in [0.1, 0.15) is 12.4 Å². The molecule has 2 heterocycles. The number of hydrogen-bond acceptors (Lipinski definition) is 3. The molecule has 2 aliphatic rings. The van der Waals surface area contributed by atoms with Gasteiger partial charge in [0.25, 0.3) is 0 Å². The van der Waals surface area contributed by atoms with E-state index >= 15 is 0 Å². The first-order valence-electron chi connectivity index (χ1n) is 6.58. The van der Waals surface area contributed by atoms with Crippen LogP contribution in [-0.2, 0) is 6.54 Å². The fourth-order valence-corrected chi connectivity index (χ4v) is 2.76. The first kappa shape index (κ1) is 11.1. The number of benzene rings is 1. The maximum atomic E-state index is 5.78. The predicted octanol–water partition coefficient (Wildman–Crippen LogP) is 1.63. The van der Waals surface area contributed by atoms with Crippen LogP contribution in [0.1, 0.15) is 18.4 Å². The summed E-state index contributed by atoms with van der Waals surface area (Å²) < 4.78 is 5.78. The van der Waals surface area contributed by atoms with Crippen molar-refractivity contribution in [3.63, 3.8) is 0 Å². The van der Waals surface area contributed by atoms with Gasteiger partial charge in [0.2, 0.25) is 0 Å². The first-order chi connectivity index (χ1) is 8.42. The molecule has 1 atom stereocenters. The quantitative estimate of drug-likeness (QED) is 0.839. The third kappa shape index (κ3) is 2.61. The number of hydrogen-bond donors (Lipinski definition) is 1. The lowest BCUT2D eigenvalue weighted by Gasteiger charge is -2.23. The Bertz CT molecular complexity index is 374. The molecule has 0 aliphatic carbocycles. The van der Waals surface area contributed by atoms with Crippen LogP contribution in [0.5, 0.6) is 5.75 Å². The van der Waals surface area contributed by atoms with Crippen LogP contribution in [0, 0.1) is 0 Å². The number of para-hydroxylation sites is 1. The van der Waals surface area contributed by atoms with Gasteiger partial charge in [0.05, 0.1) is 0 Å². The summed E-state index contributed by atoms with van der Waals surface area (Å²) in [5.74, 6) is 1.06. The highest BCUT2D eigenvalue weighted by Crippen LogP contribution is 2.22. The molecule has 1 aromatic carbocycles. The molecule has 1 saturated heterocycles. The Morgan fingerprint density at radius 3 is 3.18 bits per heavy atom. The van der Waals surface area contributed by atoms with E-state index in [0.717, 1.165) is 32.0 Å². The van der Waals surface area contributed by atoms with Gasteiger partial charge in [-0.15, -0.1) is 0 Å². The van der Waals surface area contributed by atoms with E-state index in [-0.39, 0.29) is 0 Å². The Hall–Kier alpha value is -1.06. The highest BCUT2D eigenvalue weighted by molar-refractivity contribution is 5.33. The lowest BCUT2D eigenvalue weighted by atomic mass is 10.1. The Morgan fingerprint density at radius 1 is 1.35 bits per heavy atom. The van der Waals surface area contributed by atoms with E-state index in [2.05, 4.69) is 28.4 Å². The molecule has 3 nitrogen and oxygen atoms in total. The molecule has 2 aliphatic heterocycles. The van der Waals surface area contributed by atoms with E-state index < -0.39 is 0 Å². The highest BCUT2D eigenvalue weighted by atomic mass is 16.5. The van der Waals surface area contributed by atoms with Crippen LogP contribution >= 0.6 is 0 Å². The Balaban J connectivity index is 1.67. The molecule has 0 bridgehead atoms. The summed E-state index contributed by atoms with van der Waals surface area (Å²) in [5, 5.41) is 3.57. The second kappa shape index (κ2) is 5.07. The van der Waals surface area contributed by atoms with Gasteiger partial charge >= 0.3 is 0 Å². The summed E-state index contributed by atoms with van der Waals surface area (Å²) in [5.41, 5.74) is 1.32. The average molecular weight is 232 g/mol. The van der Waals surface area contributed by atoms with E-state index in [1.165, 1.54) is 24.9 Å². The predicted molar refractivity (Wildman–Crippen MR) is 68.2 cm³/mol. The number of rotatable bonds is 2. The minimum Gasteiger partial charge on any atom is -0.492 e. The van der Waals surface area contributed by atoms with E-state index in [4.69, 9.17) is 4.74 Å². The number of fused-ring (bicyclic) bond motifs is 1. The summed E-state index contributed by atoms with van der Waals surface area (Å²) in [4.78, 5) is 2.51. The second-order valence-electron chi connectivity index (χ2n) is 4.98. The molecular formula is C14H20N2O. The van der Waals surface area contributed by atoms with Crippen molar-refractivity contribution in [1.82, 2.24) is 10.2 Å². The Morgan fingerprint density at radius 2 is 2.29 bits per heavy atom. The lowest BCUT2D eigenvalue weighted by molar-refractivity contribution is 0.211. The van der Waals surface area contributed by atoms with Gasteiger partial charge < -0.3 is 10.1 Å². The van der Waals surface area contributed by atoms with Crippen LogP contribution in [0.15, 0.2) is 24.3 Å². The largest absolute Gasteiger partial charge is 0.492 e. The molecule has 0 spiro atoms. The van der Waals surface area contributed by atoms with Crippen LogP contribution in [0.25, 0.3) is 0 Å². The maximum Gasteiger partial charge on any atom is 0.123 e. The first-order valence-corrected chi connectivity index (χ1v) is 6.58. The van der Waals surface area contributed by atoms with Gasteiger partial charge in [-0.05, 0) is 25.5 Å². The third-order valence-electron chi connectivity index (χ3n) is 3.67. The molecule has 92 valence electrons. The molecule has 3 rings (SSSR count). The van der Waals surface area contributed by atoms with Gasteiger partial charge in [-0.1, -0.05) is 18.2 Å². The van der Waals surface area contributed by atoms with E-state index in [1.807, 2.05) is 6.07 Å².